The number of hydrogen-bond donors (Lipinski definition) is 0. The summed E-state index contributed by atoms with van der Waals surface area (Å²) in [6, 6.07) is 0. The molecule has 1 heterocycles. The van der Waals surface area contributed by atoms with Crippen LogP contribution in [0.15, 0.2) is 10.2 Å². The van der Waals surface area contributed by atoms with Gasteiger partial charge in [0.1, 0.15) is 0 Å². The van der Waals surface area contributed by atoms with Gasteiger partial charge in [-0.3, -0.25) is 0 Å². The molecule has 0 N–H and O–H groups in total. The third-order valence-electron chi connectivity index (χ3n) is 0.971. The van der Waals surface area contributed by atoms with Crippen molar-refractivity contribution in [2.45, 2.75) is 0 Å². The number of azide groups is 2. The Kier molecular flexibility index (Phi) is 2.45. The molecule has 0 aliphatic carbocycles. The van der Waals surface area contributed by atoms with Gasteiger partial charge < -0.3 is 10.4 Å². The second kappa shape index (κ2) is 3.71. The van der Waals surface area contributed by atoms with Gasteiger partial charge in [0.05, 0.1) is 10.2 Å². The van der Waals surface area contributed by atoms with Crippen molar-refractivity contribution in [1.82, 2.24) is 10.2 Å². The monoisotopic (exact) mass is 196 g/mol. The number of rotatable bonds is 2. The maximum atomic E-state index is 10.8. The molecule has 12 nitrogen and oxygen atoms in total. The molecule has 0 saturated carbocycles. The molecule has 0 aliphatic heterocycles. The Labute approximate surface area is 74.4 Å². The average molecular weight is 196 g/mol. The van der Waals surface area contributed by atoms with E-state index in [4.69, 9.17) is 11.1 Å². The topological polar surface area (TPSA) is 177 Å². The molecule has 0 radical (unpaired) electrons. The first-order chi connectivity index (χ1) is 6.69. The van der Waals surface area contributed by atoms with Crippen LogP contribution in [-0.4, -0.2) is 10.2 Å². The second-order valence-corrected chi connectivity index (χ2v) is 1.72. The standard InChI is InChI=1S/C2N10O2/c3-9-5-1-7-12(14)2(6-10-4)8-11(1)13. The summed E-state index contributed by atoms with van der Waals surface area (Å²) in [5.41, 5.74) is 15.9. The summed E-state index contributed by atoms with van der Waals surface area (Å²) in [5, 5.41) is 33.0. The summed E-state index contributed by atoms with van der Waals surface area (Å²) < 4.78 is 0. The number of aromatic nitrogens is 4. The van der Waals surface area contributed by atoms with Crippen molar-refractivity contribution < 1.29 is 9.69 Å². The van der Waals surface area contributed by atoms with E-state index >= 15 is 0 Å². The van der Waals surface area contributed by atoms with Gasteiger partial charge in [-0.05, 0) is 5.53 Å². The molecule has 70 valence electrons. The van der Waals surface area contributed by atoms with Gasteiger partial charge in [0.2, 0.25) is 4.91 Å². The number of hydrogen-bond acceptors (Lipinski definition) is 6. The lowest BCUT2D eigenvalue weighted by Gasteiger charge is -1.99. The molecular weight excluding hydrogens is 196 g/mol. The summed E-state index contributed by atoms with van der Waals surface area (Å²) in [7, 11) is 0. The minimum Gasteiger partial charge on any atom is -0.712 e. The Bertz CT molecular complexity index is 410. The Morgan fingerprint density at radius 1 is 1.00 bits per heavy atom. The molecule has 1 rings (SSSR count). The zero-order valence-electron chi connectivity index (χ0n) is 6.29. The molecule has 0 fully saturated rings. The van der Waals surface area contributed by atoms with E-state index in [0.717, 1.165) is 0 Å². The first-order valence-corrected chi connectivity index (χ1v) is 2.91. The molecule has 0 bridgehead atoms. The van der Waals surface area contributed by atoms with Crippen molar-refractivity contribution >= 4 is 11.9 Å². The normalized spacial score (nSPS) is 8.57. The highest BCUT2D eigenvalue weighted by atomic mass is 16.5. The van der Waals surface area contributed by atoms with Crippen LogP contribution in [0.4, 0.5) is 11.9 Å². The van der Waals surface area contributed by atoms with Crippen LogP contribution in [0.2, 0.25) is 0 Å². The molecule has 0 amide bonds. The molecule has 0 atom stereocenters. The fraction of sp³-hybridized carbons (Fsp3) is 0. The first kappa shape index (κ1) is 9.25. The summed E-state index contributed by atoms with van der Waals surface area (Å²) >= 11 is 0. The van der Waals surface area contributed by atoms with Crippen LogP contribution in [0.5, 0.6) is 0 Å². The quantitative estimate of drug-likeness (QED) is 0.206. The average Bonchev–Trinajstić information content (AvgIpc) is 2.14. The molecule has 1 aromatic heterocycles. The largest absolute Gasteiger partial charge is 0.712 e. The van der Waals surface area contributed by atoms with E-state index in [2.05, 4.69) is 30.2 Å². The molecule has 12 heteroatoms. The highest BCUT2D eigenvalue weighted by Gasteiger charge is 2.21. The van der Waals surface area contributed by atoms with Crippen LogP contribution in [0.25, 0.3) is 20.9 Å². The molecule has 0 spiro atoms. The zero-order chi connectivity index (χ0) is 10.6. The van der Waals surface area contributed by atoms with Crippen molar-refractivity contribution in [2.75, 3.05) is 0 Å². The Morgan fingerprint density at radius 3 is 1.64 bits per heavy atom. The lowest BCUT2D eigenvalue weighted by molar-refractivity contribution is -0.728. The lowest BCUT2D eigenvalue weighted by Crippen LogP contribution is -2.43. The molecule has 0 aromatic carbocycles. The molecule has 0 unspecified atom stereocenters. The summed E-state index contributed by atoms with van der Waals surface area (Å²) in [6.45, 7) is 0. The van der Waals surface area contributed by atoms with Gasteiger partial charge in [-0.1, -0.05) is 9.69 Å². The van der Waals surface area contributed by atoms with E-state index < -0.39 is 11.9 Å². The van der Waals surface area contributed by atoms with Crippen LogP contribution in [0.1, 0.15) is 0 Å². The van der Waals surface area contributed by atoms with Gasteiger partial charge in [0.25, 0.3) is 0 Å². The van der Waals surface area contributed by atoms with Crippen LogP contribution >= 0.6 is 0 Å². The summed E-state index contributed by atoms with van der Waals surface area (Å²) in [4.78, 5) is 3.98. The smallest absolute Gasteiger partial charge is 0.584 e. The van der Waals surface area contributed by atoms with Gasteiger partial charge in [0, 0.05) is 15.6 Å². The lowest BCUT2D eigenvalue weighted by atomic mass is 11.0. The molecule has 1 aromatic rings. The van der Waals surface area contributed by atoms with Gasteiger partial charge in [-0.2, -0.15) is 0 Å². The first-order valence-electron chi connectivity index (χ1n) is 2.91. The predicted molar refractivity (Wildman–Crippen MR) is 37.6 cm³/mol. The van der Waals surface area contributed by atoms with Crippen LogP contribution in [0, 0.1) is 10.4 Å². The Morgan fingerprint density at radius 2 is 1.36 bits per heavy atom. The van der Waals surface area contributed by atoms with E-state index in [1.165, 1.54) is 0 Å². The highest BCUT2D eigenvalue weighted by molar-refractivity contribution is 5.03. The Balaban J connectivity index is 3.37. The van der Waals surface area contributed by atoms with E-state index in [-0.39, 0.29) is 9.69 Å². The van der Waals surface area contributed by atoms with Gasteiger partial charge >= 0.3 is 17.0 Å². The van der Waals surface area contributed by atoms with Crippen molar-refractivity contribution in [2.24, 2.45) is 10.2 Å². The maximum Gasteiger partial charge on any atom is 0.584 e. The molecule has 0 saturated heterocycles. The van der Waals surface area contributed by atoms with Crippen molar-refractivity contribution in [1.29, 1.82) is 0 Å². The third-order valence-corrected chi connectivity index (χ3v) is 0.971. The second-order valence-electron chi connectivity index (χ2n) is 1.72. The van der Waals surface area contributed by atoms with Crippen LogP contribution in [-0.2, 0) is 0 Å². The van der Waals surface area contributed by atoms with Gasteiger partial charge in [-0.15, -0.1) is 0 Å². The van der Waals surface area contributed by atoms with Crippen LogP contribution in [0.3, 0.4) is 0 Å². The fourth-order valence-corrected chi connectivity index (χ4v) is 0.525. The van der Waals surface area contributed by atoms with E-state index in [9.17, 15) is 10.4 Å². The summed E-state index contributed by atoms with van der Waals surface area (Å²) in [6.07, 6.45) is 0. The third kappa shape index (κ3) is 1.66. The zero-order valence-corrected chi connectivity index (χ0v) is 6.29. The van der Waals surface area contributed by atoms with Gasteiger partial charge in [-0.25, -0.2) is 0 Å². The van der Waals surface area contributed by atoms with Crippen molar-refractivity contribution in [3.05, 3.63) is 31.3 Å². The predicted octanol–water partition coefficient (Wildman–Crippen LogP) is -0.373. The van der Waals surface area contributed by atoms with E-state index in [1.807, 2.05) is 0 Å². The number of nitrogens with zero attached hydrogens (tertiary/aromatic N) is 10. The molecule has 14 heavy (non-hydrogen) atoms. The summed E-state index contributed by atoms with van der Waals surface area (Å²) in [5.74, 6) is -1.58. The van der Waals surface area contributed by atoms with Crippen molar-refractivity contribution in [3.8, 4) is 0 Å². The minimum absolute atomic E-state index is 0.238. The van der Waals surface area contributed by atoms with E-state index in [1.54, 1.807) is 0 Å². The fourth-order valence-electron chi connectivity index (χ4n) is 0.525. The minimum atomic E-state index is -0.792. The molecule has 0 aliphatic rings. The highest BCUT2D eigenvalue weighted by Crippen LogP contribution is 1.99. The van der Waals surface area contributed by atoms with Crippen molar-refractivity contribution in [3.63, 3.8) is 0 Å². The van der Waals surface area contributed by atoms with E-state index in [0.29, 0.717) is 0 Å². The molecular formula is C2N10O2. The van der Waals surface area contributed by atoms with Crippen LogP contribution < -0.4 is 9.69 Å². The Hall–Kier alpha value is -2.84. The van der Waals surface area contributed by atoms with Gasteiger partial charge in [0.15, 0.2) is 0 Å². The SMILES string of the molecule is [N-]=[N+]=Nc1n[n+]([O-])c(N=[N+]=[N-])n[n+]1[O-]. The maximum absolute atomic E-state index is 10.8.